The van der Waals surface area contributed by atoms with Crippen LogP contribution in [0.3, 0.4) is 0 Å². The molecule has 0 aliphatic carbocycles. The summed E-state index contributed by atoms with van der Waals surface area (Å²) in [4.78, 5) is 23.9. The molecule has 0 saturated carbocycles. The minimum absolute atomic E-state index is 0.338. The molecule has 0 saturated heterocycles. The Labute approximate surface area is 91.1 Å². The minimum Gasteiger partial charge on any atom is -0.266 e. The maximum atomic E-state index is 11.1. The average Bonchev–Trinajstić information content (AvgIpc) is 2.03. The van der Waals surface area contributed by atoms with Gasteiger partial charge in [0.25, 0.3) is 5.91 Å². The molecule has 1 amide bonds. The molecule has 0 heterocycles. The van der Waals surface area contributed by atoms with Crippen molar-refractivity contribution in [3.05, 3.63) is 32.7 Å². The van der Waals surface area contributed by atoms with Gasteiger partial charge >= 0.3 is 0 Å². The Hall–Kier alpha value is -0.770. The Morgan fingerprint density at radius 3 is 2.23 bits per heavy atom. The van der Waals surface area contributed by atoms with E-state index in [-0.39, 0.29) is 0 Å². The van der Waals surface area contributed by atoms with Gasteiger partial charge in [0.1, 0.15) is 0 Å². The highest BCUT2D eigenvalue weighted by Crippen LogP contribution is 2.20. The number of nitrogens with zero attached hydrogens (tertiary/aromatic N) is 1. The highest BCUT2D eigenvalue weighted by atomic mass is 79.9. The van der Waals surface area contributed by atoms with E-state index in [1.807, 2.05) is 0 Å². The standard InChI is InChI=1S/C8H3Br2NO2/c9-6-1-5(2-7(10)3-6)8(13)11-4-12/h1-3H. The summed E-state index contributed by atoms with van der Waals surface area (Å²) in [5, 5.41) is 0. The lowest BCUT2D eigenvalue weighted by molar-refractivity contribution is 0.100. The van der Waals surface area contributed by atoms with Crippen LogP contribution < -0.4 is 0 Å². The molecule has 0 atom stereocenters. The van der Waals surface area contributed by atoms with E-state index in [9.17, 15) is 9.59 Å². The first-order valence-corrected chi connectivity index (χ1v) is 4.80. The molecule has 1 rings (SSSR count). The zero-order valence-corrected chi connectivity index (χ0v) is 9.42. The molecular weight excluding hydrogens is 302 g/mol. The van der Waals surface area contributed by atoms with Gasteiger partial charge in [-0.15, -0.1) is 4.99 Å². The van der Waals surface area contributed by atoms with Gasteiger partial charge in [-0.1, -0.05) is 31.9 Å². The summed E-state index contributed by atoms with van der Waals surface area (Å²) in [7, 11) is 0. The van der Waals surface area contributed by atoms with E-state index in [1.165, 1.54) is 6.08 Å². The van der Waals surface area contributed by atoms with E-state index in [0.29, 0.717) is 5.56 Å². The van der Waals surface area contributed by atoms with Crippen LogP contribution in [0.25, 0.3) is 0 Å². The number of aliphatic imine (C=N–C) groups is 1. The van der Waals surface area contributed by atoms with Crippen LogP contribution in [0.15, 0.2) is 32.1 Å². The van der Waals surface area contributed by atoms with E-state index in [1.54, 1.807) is 18.2 Å². The van der Waals surface area contributed by atoms with Crippen molar-refractivity contribution < 1.29 is 9.59 Å². The molecular formula is C8H3Br2NO2. The number of hydrogen-bond donors (Lipinski definition) is 0. The lowest BCUT2D eigenvalue weighted by atomic mass is 10.2. The summed E-state index contributed by atoms with van der Waals surface area (Å²) < 4.78 is 1.48. The van der Waals surface area contributed by atoms with Gasteiger partial charge in [-0.2, -0.15) is 0 Å². The first kappa shape index (κ1) is 10.3. The van der Waals surface area contributed by atoms with E-state index in [4.69, 9.17) is 0 Å². The second-order valence-electron chi connectivity index (χ2n) is 2.17. The maximum absolute atomic E-state index is 11.1. The van der Waals surface area contributed by atoms with E-state index in [0.717, 1.165) is 8.95 Å². The van der Waals surface area contributed by atoms with Gasteiger partial charge in [0, 0.05) is 14.5 Å². The number of carbonyl (C=O) groups is 1. The van der Waals surface area contributed by atoms with Crippen molar-refractivity contribution in [2.45, 2.75) is 0 Å². The van der Waals surface area contributed by atoms with Gasteiger partial charge < -0.3 is 0 Å². The number of isocyanates is 1. The second kappa shape index (κ2) is 4.46. The Kier molecular flexibility index (Phi) is 3.54. The molecule has 5 heteroatoms. The van der Waals surface area contributed by atoms with Crippen LogP contribution in [0.5, 0.6) is 0 Å². The fraction of sp³-hybridized carbons (Fsp3) is 0. The van der Waals surface area contributed by atoms with Crippen molar-refractivity contribution in [1.82, 2.24) is 0 Å². The summed E-state index contributed by atoms with van der Waals surface area (Å²) in [6.07, 6.45) is 1.20. The molecule has 3 nitrogen and oxygen atoms in total. The van der Waals surface area contributed by atoms with E-state index < -0.39 is 5.91 Å². The van der Waals surface area contributed by atoms with Crippen LogP contribution in [-0.2, 0) is 4.79 Å². The third kappa shape index (κ3) is 2.88. The van der Waals surface area contributed by atoms with Crippen molar-refractivity contribution in [3.8, 4) is 0 Å². The highest BCUT2D eigenvalue weighted by Gasteiger charge is 2.05. The van der Waals surface area contributed by atoms with Gasteiger partial charge in [-0.3, -0.25) is 4.79 Å². The van der Waals surface area contributed by atoms with Crippen molar-refractivity contribution in [3.63, 3.8) is 0 Å². The van der Waals surface area contributed by atoms with Crippen molar-refractivity contribution in [2.24, 2.45) is 4.99 Å². The third-order valence-electron chi connectivity index (χ3n) is 1.26. The second-order valence-corrected chi connectivity index (χ2v) is 4.00. The van der Waals surface area contributed by atoms with Crippen molar-refractivity contribution in [1.29, 1.82) is 0 Å². The minimum atomic E-state index is -0.600. The maximum Gasteiger partial charge on any atom is 0.287 e. The summed E-state index contributed by atoms with van der Waals surface area (Å²) in [5.74, 6) is -0.600. The lowest BCUT2D eigenvalue weighted by Crippen LogP contribution is -1.93. The Morgan fingerprint density at radius 1 is 1.23 bits per heavy atom. The highest BCUT2D eigenvalue weighted by molar-refractivity contribution is 9.11. The molecule has 66 valence electrons. The predicted molar refractivity (Wildman–Crippen MR) is 54.3 cm³/mol. The SMILES string of the molecule is O=C=NC(=O)c1cc(Br)cc(Br)c1. The van der Waals surface area contributed by atoms with Crippen LogP contribution in [0.4, 0.5) is 0 Å². The fourth-order valence-electron chi connectivity index (χ4n) is 0.783. The largest absolute Gasteiger partial charge is 0.287 e. The first-order valence-electron chi connectivity index (χ1n) is 3.22. The molecule has 0 spiro atoms. The Bertz CT molecular complexity index is 377. The van der Waals surface area contributed by atoms with Gasteiger partial charge in [-0.05, 0) is 18.2 Å². The molecule has 1 aromatic rings. The molecule has 0 bridgehead atoms. The summed E-state index contributed by atoms with van der Waals surface area (Å²) in [5.41, 5.74) is 0.338. The molecule has 0 aliphatic heterocycles. The van der Waals surface area contributed by atoms with Gasteiger partial charge in [-0.25, -0.2) is 4.79 Å². The average molecular weight is 305 g/mol. The van der Waals surface area contributed by atoms with E-state index >= 15 is 0 Å². The third-order valence-corrected chi connectivity index (χ3v) is 2.17. The van der Waals surface area contributed by atoms with Crippen LogP contribution in [0.2, 0.25) is 0 Å². The molecule has 0 aliphatic rings. The van der Waals surface area contributed by atoms with E-state index in [2.05, 4.69) is 36.9 Å². The van der Waals surface area contributed by atoms with Crippen LogP contribution in [0.1, 0.15) is 10.4 Å². The molecule has 0 fully saturated rings. The number of hydrogen-bond acceptors (Lipinski definition) is 2. The number of halogens is 2. The summed E-state index contributed by atoms with van der Waals surface area (Å²) in [6.45, 7) is 0. The monoisotopic (exact) mass is 303 g/mol. The first-order chi connectivity index (χ1) is 6.13. The Morgan fingerprint density at radius 2 is 1.77 bits per heavy atom. The van der Waals surface area contributed by atoms with Crippen molar-refractivity contribution in [2.75, 3.05) is 0 Å². The molecule has 0 N–H and O–H groups in total. The number of rotatable bonds is 1. The molecule has 13 heavy (non-hydrogen) atoms. The van der Waals surface area contributed by atoms with Gasteiger partial charge in [0.15, 0.2) is 0 Å². The predicted octanol–water partition coefficient (Wildman–Crippen LogP) is 2.69. The molecule has 0 unspecified atom stereocenters. The normalized spacial score (nSPS) is 9.08. The number of carbonyl (C=O) groups excluding carboxylic acids is 2. The lowest BCUT2D eigenvalue weighted by Gasteiger charge is -1.96. The molecule has 0 radical (unpaired) electrons. The zero-order valence-electron chi connectivity index (χ0n) is 6.25. The molecule has 1 aromatic carbocycles. The summed E-state index contributed by atoms with van der Waals surface area (Å²) in [6, 6.07) is 4.93. The summed E-state index contributed by atoms with van der Waals surface area (Å²) >= 11 is 6.42. The Balaban J connectivity index is 3.15. The fourth-order valence-corrected chi connectivity index (χ4v) is 2.08. The topological polar surface area (TPSA) is 46.5 Å². The zero-order chi connectivity index (χ0) is 9.84. The van der Waals surface area contributed by atoms with Gasteiger partial charge in [0.2, 0.25) is 6.08 Å². The van der Waals surface area contributed by atoms with Crippen LogP contribution in [0, 0.1) is 0 Å². The quantitative estimate of drug-likeness (QED) is 0.591. The van der Waals surface area contributed by atoms with Crippen LogP contribution in [-0.4, -0.2) is 12.0 Å². The number of amides is 1. The van der Waals surface area contributed by atoms with Gasteiger partial charge in [0.05, 0.1) is 0 Å². The molecule has 0 aromatic heterocycles. The number of benzene rings is 1. The van der Waals surface area contributed by atoms with Crippen LogP contribution >= 0.6 is 31.9 Å². The van der Waals surface area contributed by atoms with Crippen molar-refractivity contribution >= 4 is 43.8 Å². The smallest absolute Gasteiger partial charge is 0.266 e.